The van der Waals surface area contributed by atoms with Crippen molar-refractivity contribution in [1.82, 2.24) is 29.7 Å². The van der Waals surface area contributed by atoms with Gasteiger partial charge in [0.2, 0.25) is 11.8 Å². The van der Waals surface area contributed by atoms with Gasteiger partial charge in [0.05, 0.1) is 5.69 Å². The van der Waals surface area contributed by atoms with Gasteiger partial charge in [-0.2, -0.15) is 9.61 Å². The fraction of sp³-hybridized carbons (Fsp3) is 0.250. The highest BCUT2D eigenvalue weighted by atomic mass is 16.2. The van der Waals surface area contributed by atoms with Crippen LogP contribution in [0.25, 0.3) is 28.3 Å². The Hall–Kier alpha value is -4.14. The van der Waals surface area contributed by atoms with Crippen LogP contribution < -0.4 is 5.32 Å². The summed E-state index contributed by atoms with van der Waals surface area (Å²) in [7, 11) is 0. The molecule has 166 valence electrons. The molecule has 0 atom stereocenters. The number of hydrogen-bond acceptors (Lipinski definition) is 6. The van der Waals surface area contributed by atoms with Crippen LogP contribution in [0.5, 0.6) is 0 Å². The summed E-state index contributed by atoms with van der Waals surface area (Å²) in [6, 6.07) is 15.1. The lowest BCUT2D eigenvalue weighted by Gasteiger charge is -2.30. The van der Waals surface area contributed by atoms with Crippen LogP contribution in [0.15, 0.2) is 60.9 Å². The van der Waals surface area contributed by atoms with Gasteiger partial charge in [-0.05, 0) is 49.2 Å². The van der Waals surface area contributed by atoms with Crippen molar-refractivity contribution in [2.24, 2.45) is 5.92 Å². The molecule has 3 aromatic heterocycles. The molecule has 4 heterocycles. The smallest absolute Gasteiger partial charge is 0.227 e. The maximum Gasteiger partial charge on any atom is 0.227 e. The molecule has 9 heteroatoms. The van der Waals surface area contributed by atoms with Gasteiger partial charge < -0.3 is 10.2 Å². The highest BCUT2D eigenvalue weighted by Crippen LogP contribution is 2.24. The van der Waals surface area contributed by atoms with E-state index in [-0.39, 0.29) is 17.7 Å². The molecule has 0 unspecified atom stereocenters. The van der Waals surface area contributed by atoms with Crippen LogP contribution in [0.4, 0.5) is 5.69 Å². The average molecular weight is 441 g/mol. The maximum atomic E-state index is 12.6. The standard InChI is InChI=1S/C24H23N7O2/c1-16(32)30-13-10-18(11-14-30)24(33)26-20-6-4-17(5-7-20)21-8-9-22-27-28-23(31(22)29-21)19-3-2-12-25-15-19/h2-9,12,15,18H,10-11,13-14H2,1H3,(H,26,33). The Morgan fingerprint density at radius 2 is 1.76 bits per heavy atom. The lowest BCUT2D eigenvalue weighted by atomic mass is 9.95. The quantitative estimate of drug-likeness (QED) is 0.522. The van der Waals surface area contributed by atoms with Gasteiger partial charge in [-0.15, -0.1) is 10.2 Å². The minimum Gasteiger partial charge on any atom is -0.343 e. The first-order chi connectivity index (χ1) is 16.1. The Bertz CT molecular complexity index is 1290. The molecule has 0 aliphatic carbocycles. The number of carbonyl (C=O) groups is 2. The second kappa shape index (κ2) is 8.78. The van der Waals surface area contributed by atoms with Gasteiger partial charge in [0.25, 0.3) is 0 Å². The number of likely N-dealkylation sites (tertiary alicyclic amines) is 1. The molecule has 1 saturated heterocycles. The third-order valence-corrected chi connectivity index (χ3v) is 5.94. The zero-order valence-electron chi connectivity index (χ0n) is 18.2. The van der Waals surface area contributed by atoms with E-state index >= 15 is 0 Å². The number of nitrogens with zero attached hydrogens (tertiary/aromatic N) is 6. The number of fused-ring (bicyclic) bond motifs is 1. The number of rotatable bonds is 4. The van der Waals surface area contributed by atoms with Crippen LogP contribution in [0.3, 0.4) is 0 Å². The van der Waals surface area contributed by atoms with Crippen molar-refractivity contribution in [2.75, 3.05) is 18.4 Å². The van der Waals surface area contributed by atoms with E-state index < -0.39 is 0 Å². The Labute approximate surface area is 190 Å². The topological polar surface area (TPSA) is 105 Å². The normalized spacial score (nSPS) is 14.4. The lowest BCUT2D eigenvalue weighted by Crippen LogP contribution is -2.40. The van der Waals surface area contributed by atoms with Crippen LogP contribution in [0.2, 0.25) is 0 Å². The lowest BCUT2D eigenvalue weighted by molar-refractivity contribution is -0.132. The van der Waals surface area contributed by atoms with E-state index in [4.69, 9.17) is 5.10 Å². The van der Waals surface area contributed by atoms with Gasteiger partial charge in [0.15, 0.2) is 11.5 Å². The van der Waals surface area contributed by atoms with Crippen LogP contribution in [0, 0.1) is 5.92 Å². The minimum atomic E-state index is -0.0796. The Morgan fingerprint density at radius 3 is 2.45 bits per heavy atom. The number of nitrogens with one attached hydrogen (secondary N) is 1. The molecule has 9 nitrogen and oxygen atoms in total. The highest BCUT2D eigenvalue weighted by Gasteiger charge is 2.26. The predicted molar refractivity (Wildman–Crippen MR) is 123 cm³/mol. The summed E-state index contributed by atoms with van der Waals surface area (Å²) < 4.78 is 1.70. The van der Waals surface area contributed by atoms with Gasteiger partial charge >= 0.3 is 0 Å². The molecule has 0 radical (unpaired) electrons. The number of carbonyl (C=O) groups excluding carboxylic acids is 2. The average Bonchev–Trinajstić information content (AvgIpc) is 3.28. The molecule has 5 rings (SSSR count). The second-order valence-electron chi connectivity index (χ2n) is 8.10. The Kier molecular flexibility index (Phi) is 5.52. The molecule has 1 fully saturated rings. The van der Waals surface area contributed by atoms with Gasteiger partial charge in [-0.1, -0.05) is 12.1 Å². The van der Waals surface area contributed by atoms with Crippen LogP contribution in [0.1, 0.15) is 19.8 Å². The summed E-state index contributed by atoms with van der Waals surface area (Å²) in [5.41, 5.74) is 3.90. The minimum absolute atomic E-state index is 0.00361. The maximum absolute atomic E-state index is 12.6. The summed E-state index contributed by atoms with van der Waals surface area (Å²) in [6.07, 6.45) is 4.81. The summed E-state index contributed by atoms with van der Waals surface area (Å²) >= 11 is 0. The molecule has 0 bridgehead atoms. The van der Waals surface area contributed by atoms with E-state index in [9.17, 15) is 9.59 Å². The molecule has 1 N–H and O–H groups in total. The molecule has 1 aliphatic heterocycles. The molecule has 2 amide bonds. The van der Waals surface area contributed by atoms with Crippen molar-refractivity contribution in [3.63, 3.8) is 0 Å². The second-order valence-corrected chi connectivity index (χ2v) is 8.10. The number of benzene rings is 1. The molecule has 0 saturated carbocycles. The summed E-state index contributed by atoms with van der Waals surface area (Å²) in [5.74, 6) is 0.606. The van der Waals surface area contributed by atoms with Gasteiger partial charge in [0.1, 0.15) is 0 Å². The van der Waals surface area contributed by atoms with Crippen molar-refractivity contribution < 1.29 is 9.59 Å². The molecular weight excluding hydrogens is 418 g/mol. The number of pyridine rings is 1. The molecule has 1 aliphatic rings. The number of piperidine rings is 1. The van der Waals surface area contributed by atoms with Gasteiger partial charge in [-0.25, -0.2) is 0 Å². The van der Waals surface area contributed by atoms with Gasteiger partial charge in [-0.3, -0.25) is 14.6 Å². The van der Waals surface area contributed by atoms with E-state index in [1.54, 1.807) is 28.7 Å². The number of anilines is 1. The van der Waals surface area contributed by atoms with E-state index in [0.717, 1.165) is 22.5 Å². The molecule has 33 heavy (non-hydrogen) atoms. The molecule has 0 spiro atoms. The third-order valence-electron chi connectivity index (χ3n) is 5.94. The summed E-state index contributed by atoms with van der Waals surface area (Å²) in [6.45, 7) is 2.83. The van der Waals surface area contributed by atoms with Crippen LogP contribution in [-0.2, 0) is 9.59 Å². The van der Waals surface area contributed by atoms with Crippen LogP contribution >= 0.6 is 0 Å². The van der Waals surface area contributed by atoms with E-state index in [2.05, 4.69) is 20.5 Å². The summed E-state index contributed by atoms with van der Waals surface area (Å²) in [4.78, 5) is 30.0. The van der Waals surface area contributed by atoms with E-state index in [1.807, 2.05) is 48.5 Å². The predicted octanol–water partition coefficient (Wildman–Crippen LogP) is 3.05. The Morgan fingerprint density at radius 1 is 0.970 bits per heavy atom. The summed E-state index contributed by atoms with van der Waals surface area (Å²) in [5, 5.41) is 16.1. The zero-order chi connectivity index (χ0) is 22.8. The number of hydrogen-bond donors (Lipinski definition) is 1. The van der Waals surface area contributed by atoms with Crippen LogP contribution in [-0.4, -0.2) is 54.6 Å². The number of aromatic nitrogens is 5. The van der Waals surface area contributed by atoms with E-state index in [0.29, 0.717) is 37.4 Å². The van der Waals surface area contributed by atoms with Crippen molar-refractivity contribution in [3.05, 3.63) is 60.9 Å². The fourth-order valence-corrected chi connectivity index (χ4v) is 4.04. The first-order valence-electron chi connectivity index (χ1n) is 10.9. The van der Waals surface area contributed by atoms with Crippen molar-refractivity contribution in [1.29, 1.82) is 0 Å². The molecule has 4 aromatic rings. The highest BCUT2D eigenvalue weighted by molar-refractivity contribution is 5.93. The monoisotopic (exact) mass is 441 g/mol. The zero-order valence-corrected chi connectivity index (χ0v) is 18.2. The van der Waals surface area contributed by atoms with Crippen molar-refractivity contribution in [2.45, 2.75) is 19.8 Å². The first kappa shape index (κ1) is 20.7. The fourth-order valence-electron chi connectivity index (χ4n) is 4.04. The molecule has 1 aromatic carbocycles. The first-order valence-corrected chi connectivity index (χ1v) is 10.9. The van der Waals surface area contributed by atoms with Crippen molar-refractivity contribution >= 4 is 23.1 Å². The van der Waals surface area contributed by atoms with E-state index in [1.165, 1.54) is 0 Å². The molecular formula is C24H23N7O2. The third kappa shape index (κ3) is 4.30. The SMILES string of the molecule is CC(=O)N1CCC(C(=O)Nc2ccc(-c3ccc4nnc(-c5cccnc5)n4n3)cc2)CC1. The largest absolute Gasteiger partial charge is 0.343 e. The number of amides is 2. The Balaban J connectivity index is 1.30. The van der Waals surface area contributed by atoms with Gasteiger partial charge in [0, 0.05) is 55.1 Å². The van der Waals surface area contributed by atoms with Crippen molar-refractivity contribution in [3.8, 4) is 22.6 Å².